The zero-order chi connectivity index (χ0) is 13.0. The Labute approximate surface area is 108 Å². The van der Waals surface area contributed by atoms with Crippen molar-refractivity contribution >= 4 is 5.91 Å². The Balaban J connectivity index is 2.24. The summed E-state index contributed by atoms with van der Waals surface area (Å²) < 4.78 is 0. The highest BCUT2D eigenvalue weighted by Crippen LogP contribution is 2.39. The van der Waals surface area contributed by atoms with Crippen LogP contribution < -0.4 is 5.73 Å². The molecule has 1 aromatic carbocycles. The van der Waals surface area contributed by atoms with Gasteiger partial charge in [0.2, 0.25) is 5.91 Å². The minimum Gasteiger partial charge on any atom is -0.396 e. The SMILES string of the molecule is NC(=O)c1ccccc1CC1(CO)CCCCC1. The summed E-state index contributed by atoms with van der Waals surface area (Å²) in [6.07, 6.45) is 6.41. The summed E-state index contributed by atoms with van der Waals surface area (Å²) in [6, 6.07) is 7.48. The molecule has 0 radical (unpaired) electrons. The fourth-order valence-corrected chi connectivity index (χ4v) is 3.01. The molecule has 0 heterocycles. The highest BCUT2D eigenvalue weighted by Gasteiger charge is 2.32. The van der Waals surface area contributed by atoms with Crippen LogP contribution in [0, 0.1) is 5.41 Å². The van der Waals surface area contributed by atoms with Gasteiger partial charge in [0.15, 0.2) is 0 Å². The zero-order valence-corrected chi connectivity index (χ0v) is 10.7. The molecule has 1 aromatic rings. The highest BCUT2D eigenvalue weighted by molar-refractivity contribution is 5.94. The van der Waals surface area contributed by atoms with E-state index in [9.17, 15) is 9.90 Å². The van der Waals surface area contributed by atoms with Gasteiger partial charge in [0.25, 0.3) is 0 Å². The first-order valence-corrected chi connectivity index (χ1v) is 6.65. The number of carbonyl (C=O) groups excluding carboxylic acids is 1. The standard InChI is InChI=1S/C15H21NO2/c16-14(18)13-7-3-2-6-12(13)10-15(11-17)8-4-1-5-9-15/h2-3,6-7,17H,1,4-5,8-11H2,(H2,16,18). The van der Waals surface area contributed by atoms with E-state index in [1.165, 1.54) is 19.3 Å². The first kappa shape index (κ1) is 13.1. The van der Waals surface area contributed by atoms with Crippen LogP contribution in [-0.4, -0.2) is 17.6 Å². The molecule has 0 unspecified atom stereocenters. The number of aliphatic hydroxyl groups is 1. The van der Waals surface area contributed by atoms with Gasteiger partial charge in [-0.15, -0.1) is 0 Å². The van der Waals surface area contributed by atoms with Gasteiger partial charge in [-0.2, -0.15) is 0 Å². The maximum absolute atomic E-state index is 11.4. The fourth-order valence-electron chi connectivity index (χ4n) is 3.01. The molecule has 1 amide bonds. The molecule has 0 aromatic heterocycles. The molecule has 1 aliphatic carbocycles. The van der Waals surface area contributed by atoms with Gasteiger partial charge in [-0.25, -0.2) is 0 Å². The molecule has 0 spiro atoms. The summed E-state index contributed by atoms with van der Waals surface area (Å²) in [7, 11) is 0. The molecule has 3 N–H and O–H groups in total. The molecular formula is C15H21NO2. The number of primary amides is 1. The number of nitrogens with two attached hydrogens (primary N) is 1. The number of carbonyl (C=O) groups is 1. The maximum Gasteiger partial charge on any atom is 0.248 e. The number of benzene rings is 1. The van der Waals surface area contributed by atoms with Crippen molar-refractivity contribution in [2.75, 3.05) is 6.61 Å². The van der Waals surface area contributed by atoms with Gasteiger partial charge in [0.05, 0.1) is 0 Å². The number of hydrogen-bond donors (Lipinski definition) is 2. The van der Waals surface area contributed by atoms with Crippen molar-refractivity contribution in [3.05, 3.63) is 35.4 Å². The molecule has 3 nitrogen and oxygen atoms in total. The van der Waals surface area contributed by atoms with Crippen molar-refractivity contribution in [3.8, 4) is 0 Å². The van der Waals surface area contributed by atoms with E-state index in [2.05, 4.69) is 0 Å². The molecule has 18 heavy (non-hydrogen) atoms. The lowest BCUT2D eigenvalue weighted by Gasteiger charge is -2.36. The minimum absolute atomic E-state index is 0.0518. The Kier molecular flexibility index (Phi) is 4.02. The lowest BCUT2D eigenvalue weighted by molar-refractivity contribution is 0.0816. The van der Waals surface area contributed by atoms with Gasteiger partial charge < -0.3 is 10.8 Å². The summed E-state index contributed by atoms with van der Waals surface area (Å²) in [6.45, 7) is 0.195. The van der Waals surface area contributed by atoms with Crippen LogP contribution in [0.25, 0.3) is 0 Å². The minimum atomic E-state index is -0.380. The van der Waals surface area contributed by atoms with E-state index in [1.807, 2.05) is 18.2 Å². The molecule has 1 fully saturated rings. The number of rotatable bonds is 4. The van der Waals surface area contributed by atoms with Crippen molar-refractivity contribution in [1.29, 1.82) is 0 Å². The van der Waals surface area contributed by atoms with Crippen molar-refractivity contribution in [2.24, 2.45) is 11.1 Å². The van der Waals surface area contributed by atoms with Crippen LogP contribution in [0.15, 0.2) is 24.3 Å². The molecule has 2 rings (SSSR count). The van der Waals surface area contributed by atoms with E-state index in [0.29, 0.717) is 5.56 Å². The average molecular weight is 247 g/mol. The lowest BCUT2D eigenvalue weighted by atomic mass is 9.70. The zero-order valence-electron chi connectivity index (χ0n) is 10.7. The van der Waals surface area contributed by atoms with Crippen LogP contribution in [0.3, 0.4) is 0 Å². The van der Waals surface area contributed by atoms with E-state index in [-0.39, 0.29) is 17.9 Å². The molecule has 0 aliphatic heterocycles. The van der Waals surface area contributed by atoms with Crippen LogP contribution in [0.4, 0.5) is 0 Å². The summed E-state index contributed by atoms with van der Waals surface area (Å²) in [4.78, 5) is 11.4. The maximum atomic E-state index is 11.4. The third kappa shape index (κ3) is 2.72. The van der Waals surface area contributed by atoms with Crippen LogP contribution in [0.1, 0.15) is 48.0 Å². The van der Waals surface area contributed by atoms with Gasteiger partial charge in [0, 0.05) is 12.2 Å². The molecule has 3 heteroatoms. The van der Waals surface area contributed by atoms with Crippen LogP contribution in [-0.2, 0) is 6.42 Å². The van der Waals surface area contributed by atoms with Crippen LogP contribution in [0.5, 0.6) is 0 Å². The Morgan fingerprint density at radius 1 is 1.22 bits per heavy atom. The van der Waals surface area contributed by atoms with E-state index in [1.54, 1.807) is 6.07 Å². The third-order valence-corrected chi connectivity index (χ3v) is 4.10. The monoisotopic (exact) mass is 247 g/mol. The summed E-state index contributed by atoms with van der Waals surface area (Å²) in [5.74, 6) is -0.380. The summed E-state index contributed by atoms with van der Waals surface area (Å²) >= 11 is 0. The number of amides is 1. The lowest BCUT2D eigenvalue weighted by Crippen LogP contribution is -2.31. The van der Waals surface area contributed by atoms with E-state index >= 15 is 0 Å². The Hall–Kier alpha value is -1.35. The van der Waals surface area contributed by atoms with Crippen LogP contribution in [0.2, 0.25) is 0 Å². The molecule has 0 saturated heterocycles. The Morgan fingerprint density at radius 3 is 2.50 bits per heavy atom. The predicted octanol–water partition coefficient (Wildman–Crippen LogP) is 2.27. The van der Waals surface area contributed by atoms with Crippen molar-refractivity contribution < 1.29 is 9.90 Å². The second-order valence-corrected chi connectivity index (χ2v) is 5.42. The average Bonchev–Trinajstić information content (AvgIpc) is 2.40. The highest BCUT2D eigenvalue weighted by atomic mass is 16.3. The van der Waals surface area contributed by atoms with E-state index in [4.69, 9.17) is 5.73 Å². The van der Waals surface area contributed by atoms with Gasteiger partial charge in [-0.1, -0.05) is 37.5 Å². The predicted molar refractivity (Wildman–Crippen MR) is 71.3 cm³/mol. The summed E-state index contributed by atoms with van der Waals surface area (Å²) in [5, 5.41) is 9.72. The van der Waals surface area contributed by atoms with Gasteiger partial charge in [-0.3, -0.25) is 4.79 Å². The topological polar surface area (TPSA) is 63.3 Å². The van der Waals surface area contributed by atoms with Crippen molar-refractivity contribution in [2.45, 2.75) is 38.5 Å². The Morgan fingerprint density at radius 2 is 1.89 bits per heavy atom. The van der Waals surface area contributed by atoms with Gasteiger partial charge >= 0.3 is 0 Å². The molecule has 0 atom stereocenters. The van der Waals surface area contributed by atoms with E-state index in [0.717, 1.165) is 24.8 Å². The second-order valence-electron chi connectivity index (χ2n) is 5.42. The first-order chi connectivity index (χ1) is 8.67. The largest absolute Gasteiger partial charge is 0.396 e. The summed E-state index contributed by atoms with van der Waals surface area (Å²) in [5.41, 5.74) is 6.92. The molecule has 1 aliphatic rings. The smallest absolute Gasteiger partial charge is 0.248 e. The normalized spacial score (nSPS) is 18.5. The molecule has 98 valence electrons. The quantitative estimate of drug-likeness (QED) is 0.857. The van der Waals surface area contributed by atoms with E-state index < -0.39 is 0 Å². The molecular weight excluding hydrogens is 226 g/mol. The van der Waals surface area contributed by atoms with Gasteiger partial charge in [0.1, 0.15) is 0 Å². The van der Waals surface area contributed by atoms with Crippen LogP contribution >= 0.6 is 0 Å². The third-order valence-electron chi connectivity index (χ3n) is 4.10. The fraction of sp³-hybridized carbons (Fsp3) is 0.533. The number of hydrogen-bond acceptors (Lipinski definition) is 2. The molecule has 0 bridgehead atoms. The van der Waals surface area contributed by atoms with Gasteiger partial charge in [-0.05, 0) is 36.3 Å². The number of aliphatic hydroxyl groups excluding tert-OH is 1. The first-order valence-electron chi connectivity index (χ1n) is 6.65. The Bertz CT molecular complexity index is 422. The van der Waals surface area contributed by atoms with Crippen molar-refractivity contribution in [3.63, 3.8) is 0 Å². The molecule has 1 saturated carbocycles. The second kappa shape index (κ2) is 5.53. The van der Waals surface area contributed by atoms with Crippen molar-refractivity contribution in [1.82, 2.24) is 0 Å².